The third-order valence-electron chi connectivity index (χ3n) is 3.24. The standard InChI is InChI=1S/C16H20N3O3/c1-5-22-16(20)15-10-14(17-19(15)11(2)3)12-6-8-13(9-7-12)18(4)21/h6-11H,5H2,1-4H3/q+1. The zero-order valence-corrected chi connectivity index (χ0v) is 13.2. The maximum atomic E-state index is 12.0. The van der Waals surface area contributed by atoms with Crippen molar-refractivity contribution in [2.75, 3.05) is 13.7 Å². The Morgan fingerprint density at radius 1 is 1.32 bits per heavy atom. The molecule has 0 radical (unpaired) electrons. The Morgan fingerprint density at radius 3 is 2.45 bits per heavy atom. The van der Waals surface area contributed by atoms with E-state index in [0.717, 1.165) is 10.3 Å². The van der Waals surface area contributed by atoms with Crippen molar-refractivity contribution in [3.8, 4) is 11.3 Å². The maximum absolute atomic E-state index is 12.0. The molecule has 0 atom stereocenters. The van der Waals surface area contributed by atoms with E-state index in [0.29, 0.717) is 23.7 Å². The van der Waals surface area contributed by atoms with E-state index >= 15 is 0 Å². The molecule has 0 aliphatic rings. The molecule has 2 aromatic rings. The van der Waals surface area contributed by atoms with Gasteiger partial charge in [-0.1, -0.05) is 0 Å². The highest BCUT2D eigenvalue weighted by Crippen LogP contribution is 2.24. The van der Waals surface area contributed by atoms with E-state index in [1.807, 2.05) is 26.0 Å². The minimum absolute atomic E-state index is 0.0419. The van der Waals surface area contributed by atoms with Crippen LogP contribution in [0.1, 0.15) is 37.3 Å². The molecule has 0 bridgehead atoms. The highest BCUT2D eigenvalue weighted by molar-refractivity contribution is 5.89. The van der Waals surface area contributed by atoms with Gasteiger partial charge in [0.1, 0.15) is 5.69 Å². The van der Waals surface area contributed by atoms with Crippen molar-refractivity contribution in [1.29, 1.82) is 0 Å². The smallest absolute Gasteiger partial charge is 0.356 e. The monoisotopic (exact) mass is 302 g/mol. The Morgan fingerprint density at radius 2 is 1.95 bits per heavy atom. The van der Waals surface area contributed by atoms with E-state index in [9.17, 15) is 9.70 Å². The average molecular weight is 302 g/mol. The predicted molar refractivity (Wildman–Crippen MR) is 83.2 cm³/mol. The number of ether oxygens (including phenoxy) is 1. The van der Waals surface area contributed by atoms with Crippen LogP contribution in [-0.2, 0) is 4.74 Å². The molecule has 0 aliphatic heterocycles. The molecule has 0 saturated carbocycles. The lowest BCUT2D eigenvalue weighted by Crippen LogP contribution is -2.14. The van der Waals surface area contributed by atoms with Crippen molar-refractivity contribution >= 4 is 11.7 Å². The molecule has 0 aliphatic carbocycles. The quantitative estimate of drug-likeness (QED) is 0.627. The number of aromatic nitrogens is 2. The summed E-state index contributed by atoms with van der Waals surface area (Å²) in [6.45, 7) is 6.00. The molecule has 0 spiro atoms. The van der Waals surface area contributed by atoms with Crippen LogP contribution in [0.3, 0.4) is 0 Å². The molecule has 1 aromatic carbocycles. The topological polar surface area (TPSA) is 64.2 Å². The van der Waals surface area contributed by atoms with E-state index in [-0.39, 0.29) is 12.0 Å². The second-order valence-corrected chi connectivity index (χ2v) is 5.22. The number of benzene rings is 1. The van der Waals surface area contributed by atoms with E-state index in [1.165, 1.54) is 7.05 Å². The Labute approximate surface area is 129 Å². The first-order valence-corrected chi connectivity index (χ1v) is 7.22. The number of hydrogen-bond acceptors (Lipinski definition) is 4. The van der Waals surface area contributed by atoms with Gasteiger partial charge in [0.2, 0.25) is 0 Å². The van der Waals surface area contributed by atoms with Crippen LogP contribution in [0.2, 0.25) is 0 Å². The van der Waals surface area contributed by atoms with Gasteiger partial charge < -0.3 is 4.74 Å². The van der Waals surface area contributed by atoms with Gasteiger partial charge in [-0.3, -0.25) is 4.68 Å². The number of carbonyl (C=O) groups is 1. The summed E-state index contributed by atoms with van der Waals surface area (Å²) >= 11 is 0. The molecule has 1 heterocycles. The average Bonchev–Trinajstić information content (AvgIpc) is 2.93. The number of carbonyl (C=O) groups excluding carboxylic acids is 1. The van der Waals surface area contributed by atoms with E-state index < -0.39 is 0 Å². The molecule has 1 aromatic heterocycles. The van der Waals surface area contributed by atoms with Crippen LogP contribution in [0.4, 0.5) is 5.69 Å². The second-order valence-electron chi connectivity index (χ2n) is 5.22. The van der Waals surface area contributed by atoms with Crippen LogP contribution in [0.5, 0.6) is 0 Å². The first-order chi connectivity index (χ1) is 10.4. The Kier molecular flexibility index (Phi) is 4.70. The summed E-state index contributed by atoms with van der Waals surface area (Å²) in [5.74, 6) is -0.383. The molecule has 0 amide bonds. The van der Waals surface area contributed by atoms with Crippen molar-refractivity contribution in [2.45, 2.75) is 26.8 Å². The molecular weight excluding hydrogens is 282 g/mol. The molecule has 116 valence electrons. The molecule has 0 saturated heterocycles. The Bertz CT molecular complexity index is 687. The van der Waals surface area contributed by atoms with Gasteiger partial charge in [0.25, 0.3) is 5.69 Å². The van der Waals surface area contributed by atoms with Crippen LogP contribution in [0.15, 0.2) is 30.3 Å². The van der Waals surface area contributed by atoms with Gasteiger partial charge in [0.05, 0.1) is 12.3 Å². The zero-order valence-electron chi connectivity index (χ0n) is 13.2. The maximum Gasteiger partial charge on any atom is 0.356 e. The fraction of sp³-hybridized carbons (Fsp3) is 0.375. The Balaban J connectivity index is 2.41. The van der Waals surface area contributed by atoms with Gasteiger partial charge in [-0.25, -0.2) is 4.79 Å². The predicted octanol–water partition coefficient (Wildman–Crippen LogP) is 3.35. The fourth-order valence-electron chi connectivity index (χ4n) is 2.13. The molecule has 22 heavy (non-hydrogen) atoms. The van der Waals surface area contributed by atoms with Crippen LogP contribution in [0, 0.1) is 4.91 Å². The van der Waals surface area contributed by atoms with E-state index in [2.05, 4.69) is 5.10 Å². The number of hydrogen-bond donors (Lipinski definition) is 0. The summed E-state index contributed by atoms with van der Waals surface area (Å²) in [5.41, 5.74) is 2.52. The van der Waals surface area contributed by atoms with E-state index in [4.69, 9.17) is 4.74 Å². The lowest BCUT2D eigenvalue weighted by atomic mass is 10.1. The molecule has 0 fully saturated rings. The third-order valence-corrected chi connectivity index (χ3v) is 3.24. The lowest BCUT2D eigenvalue weighted by molar-refractivity contribution is -0.428. The van der Waals surface area contributed by atoms with Crippen molar-refractivity contribution in [2.24, 2.45) is 0 Å². The van der Waals surface area contributed by atoms with Crippen LogP contribution >= 0.6 is 0 Å². The molecule has 0 unspecified atom stereocenters. The number of esters is 1. The fourth-order valence-corrected chi connectivity index (χ4v) is 2.13. The van der Waals surface area contributed by atoms with Crippen molar-refractivity contribution in [1.82, 2.24) is 9.78 Å². The SMILES string of the molecule is CCOC(=O)c1cc(-c2ccc([N+](C)=O)cc2)nn1C(C)C. The van der Waals surface area contributed by atoms with Gasteiger partial charge in [-0.2, -0.15) is 5.10 Å². The molecule has 6 heteroatoms. The van der Waals surface area contributed by atoms with Crippen molar-refractivity contribution in [3.63, 3.8) is 0 Å². The highest BCUT2D eigenvalue weighted by Gasteiger charge is 2.19. The third kappa shape index (κ3) is 3.21. The van der Waals surface area contributed by atoms with Gasteiger partial charge >= 0.3 is 5.97 Å². The van der Waals surface area contributed by atoms with Gasteiger partial charge in [-0.15, -0.1) is 0 Å². The minimum Gasteiger partial charge on any atom is -0.461 e. The van der Waals surface area contributed by atoms with Crippen LogP contribution < -0.4 is 0 Å². The Hall–Kier alpha value is -2.50. The molecule has 6 nitrogen and oxygen atoms in total. The number of rotatable bonds is 5. The van der Waals surface area contributed by atoms with Gasteiger partial charge in [-0.05, 0) is 39.0 Å². The largest absolute Gasteiger partial charge is 0.461 e. The summed E-state index contributed by atoms with van der Waals surface area (Å²) in [6.07, 6.45) is 0. The summed E-state index contributed by atoms with van der Waals surface area (Å²) in [6, 6.07) is 8.83. The van der Waals surface area contributed by atoms with E-state index in [1.54, 1.807) is 29.8 Å². The molecular formula is C16H20N3O3+. The summed E-state index contributed by atoms with van der Waals surface area (Å²) in [4.78, 5) is 23.3. The van der Waals surface area contributed by atoms with Crippen LogP contribution in [-0.4, -0.2) is 34.2 Å². The number of nitrogens with zero attached hydrogens (tertiary/aromatic N) is 3. The zero-order chi connectivity index (χ0) is 16.3. The first-order valence-electron chi connectivity index (χ1n) is 7.22. The lowest BCUT2D eigenvalue weighted by Gasteiger charge is -2.09. The summed E-state index contributed by atoms with van der Waals surface area (Å²) in [5, 5.41) is 4.48. The highest BCUT2D eigenvalue weighted by atomic mass is 16.5. The van der Waals surface area contributed by atoms with Gasteiger partial charge in [0.15, 0.2) is 7.05 Å². The summed E-state index contributed by atoms with van der Waals surface area (Å²) < 4.78 is 7.52. The normalized spacial score (nSPS) is 10.8. The number of nitroso groups, excluding NO2 is 1. The van der Waals surface area contributed by atoms with Gasteiger partial charge in [0, 0.05) is 33.4 Å². The molecule has 0 N–H and O–H groups in total. The summed E-state index contributed by atoms with van der Waals surface area (Å²) in [7, 11) is 1.45. The van der Waals surface area contributed by atoms with Crippen LogP contribution in [0.25, 0.3) is 11.3 Å². The minimum atomic E-state index is -0.383. The van der Waals surface area contributed by atoms with Crippen molar-refractivity contribution < 1.29 is 14.3 Å². The second kappa shape index (κ2) is 6.51. The molecule has 2 rings (SSSR count). The van der Waals surface area contributed by atoms with Crippen molar-refractivity contribution in [3.05, 3.63) is 40.9 Å². The first kappa shape index (κ1) is 15.9.